The summed E-state index contributed by atoms with van der Waals surface area (Å²) in [6.45, 7) is -0.192. The third-order valence-corrected chi connectivity index (χ3v) is 3.98. The van der Waals surface area contributed by atoms with Crippen LogP contribution in [0.25, 0.3) is 0 Å². The molecule has 108 valence electrons. The minimum absolute atomic E-state index is 0.166. The van der Waals surface area contributed by atoms with E-state index < -0.39 is 0 Å². The molecule has 2 rings (SSSR count). The number of hydrogen-bond donors (Lipinski definition) is 0. The van der Waals surface area contributed by atoms with Crippen LogP contribution in [0.4, 0.5) is 0 Å². The molecular formula is C15H19NO4. The molecule has 2 atom stereocenters. The minimum Gasteiger partial charge on any atom is -0.497 e. The van der Waals surface area contributed by atoms with Crippen LogP contribution in [0.15, 0.2) is 24.3 Å². The second-order valence-corrected chi connectivity index (χ2v) is 5.21. The van der Waals surface area contributed by atoms with Gasteiger partial charge in [-0.25, -0.2) is 0 Å². The van der Waals surface area contributed by atoms with Gasteiger partial charge in [0, 0.05) is 17.3 Å². The second-order valence-electron chi connectivity index (χ2n) is 5.21. The Morgan fingerprint density at radius 2 is 2.05 bits per heavy atom. The summed E-state index contributed by atoms with van der Waals surface area (Å²) in [5.41, 5.74) is 0.850. The van der Waals surface area contributed by atoms with Crippen molar-refractivity contribution >= 4 is 5.78 Å². The lowest BCUT2D eigenvalue weighted by atomic mass is 9.76. The Morgan fingerprint density at radius 1 is 1.35 bits per heavy atom. The first kappa shape index (κ1) is 14.5. The van der Waals surface area contributed by atoms with E-state index in [2.05, 4.69) is 0 Å². The van der Waals surface area contributed by atoms with Crippen molar-refractivity contribution in [1.29, 1.82) is 0 Å². The van der Waals surface area contributed by atoms with Gasteiger partial charge in [0.15, 0.2) is 0 Å². The van der Waals surface area contributed by atoms with Crippen LogP contribution >= 0.6 is 0 Å². The Morgan fingerprint density at radius 3 is 2.60 bits per heavy atom. The van der Waals surface area contributed by atoms with E-state index in [0.717, 1.165) is 24.8 Å². The predicted octanol–water partition coefficient (Wildman–Crippen LogP) is 2.81. The molecule has 1 fully saturated rings. The Labute approximate surface area is 118 Å². The summed E-state index contributed by atoms with van der Waals surface area (Å²) < 4.78 is 5.10. The summed E-state index contributed by atoms with van der Waals surface area (Å²) in [6, 6.07) is 7.23. The van der Waals surface area contributed by atoms with E-state index in [-0.39, 0.29) is 29.1 Å². The number of carbonyl (C=O) groups excluding carboxylic acids is 1. The van der Waals surface area contributed by atoms with Crippen molar-refractivity contribution in [3.8, 4) is 5.75 Å². The average Bonchev–Trinajstić information content (AvgIpc) is 2.46. The molecule has 1 saturated carbocycles. The fourth-order valence-electron chi connectivity index (χ4n) is 2.91. The van der Waals surface area contributed by atoms with Gasteiger partial charge in [-0.2, -0.15) is 0 Å². The number of rotatable bonds is 5. The van der Waals surface area contributed by atoms with Crippen molar-refractivity contribution in [2.24, 2.45) is 5.92 Å². The summed E-state index contributed by atoms with van der Waals surface area (Å²) >= 11 is 0. The van der Waals surface area contributed by atoms with Crippen LogP contribution < -0.4 is 4.74 Å². The highest BCUT2D eigenvalue weighted by Crippen LogP contribution is 2.34. The highest BCUT2D eigenvalue weighted by Gasteiger charge is 2.34. The monoisotopic (exact) mass is 277 g/mol. The zero-order valence-electron chi connectivity index (χ0n) is 11.6. The number of benzene rings is 1. The Bertz CT molecular complexity index is 483. The lowest BCUT2D eigenvalue weighted by Gasteiger charge is -2.27. The fraction of sp³-hybridized carbons (Fsp3) is 0.533. The minimum atomic E-state index is -0.330. The highest BCUT2D eigenvalue weighted by atomic mass is 16.6. The Hall–Kier alpha value is -1.91. The Balaban J connectivity index is 2.25. The molecule has 5 heteroatoms. The van der Waals surface area contributed by atoms with E-state index in [4.69, 9.17) is 4.74 Å². The van der Waals surface area contributed by atoms with Crippen LogP contribution in [0.2, 0.25) is 0 Å². The number of ketones is 1. The third kappa shape index (κ3) is 3.35. The van der Waals surface area contributed by atoms with Crippen LogP contribution in [0.5, 0.6) is 5.75 Å². The zero-order valence-corrected chi connectivity index (χ0v) is 11.6. The summed E-state index contributed by atoms with van der Waals surface area (Å²) in [4.78, 5) is 22.7. The largest absolute Gasteiger partial charge is 0.497 e. The molecule has 5 nitrogen and oxygen atoms in total. The first-order valence-corrected chi connectivity index (χ1v) is 6.90. The molecule has 0 amide bonds. The molecule has 0 aromatic heterocycles. The number of nitro groups is 1. The van der Waals surface area contributed by atoms with E-state index in [0.29, 0.717) is 12.2 Å². The van der Waals surface area contributed by atoms with Crippen molar-refractivity contribution in [2.45, 2.75) is 31.6 Å². The van der Waals surface area contributed by atoms with E-state index in [1.807, 2.05) is 12.1 Å². The van der Waals surface area contributed by atoms with Gasteiger partial charge in [-0.05, 0) is 30.5 Å². The maximum atomic E-state index is 12.1. The molecule has 0 spiro atoms. The van der Waals surface area contributed by atoms with Gasteiger partial charge in [0.1, 0.15) is 11.5 Å². The van der Waals surface area contributed by atoms with Gasteiger partial charge >= 0.3 is 0 Å². The molecule has 0 radical (unpaired) electrons. The number of Topliss-reactive ketones (excluding diaryl/α,β-unsaturated/α-hetero) is 1. The average molecular weight is 277 g/mol. The molecule has 0 N–H and O–H groups in total. The molecule has 20 heavy (non-hydrogen) atoms. The van der Waals surface area contributed by atoms with Crippen molar-refractivity contribution < 1.29 is 14.5 Å². The first-order chi connectivity index (χ1) is 9.61. The van der Waals surface area contributed by atoms with Crippen LogP contribution in [-0.4, -0.2) is 24.4 Å². The number of methoxy groups -OCH3 is 1. The van der Waals surface area contributed by atoms with E-state index >= 15 is 0 Å². The summed E-state index contributed by atoms with van der Waals surface area (Å²) in [5.74, 6) is 0.328. The topological polar surface area (TPSA) is 69.4 Å². The van der Waals surface area contributed by atoms with Gasteiger partial charge in [0.05, 0.1) is 13.0 Å². The van der Waals surface area contributed by atoms with Gasteiger partial charge in [-0.1, -0.05) is 18.6 Å². The van der Waals surface area contributed by atoms with Crippen molar-refractivity contribution in [2.75, 3.05) is 13.7 Å². The molecule has 0 aliphatic heterocycles. The van der Waals surface area contributed by atoms with E-state index in [1.165, 1.54) is 0 Å². The standard InChI is InChI=1S/C15H19NO4/c1-20-12-8-6-11(7-9-12)14(10-16(18)19)13-4-2-3-5-15(13)17/h6-9,13-14H,2-5,10H2,1H3/t13-,14-/m0/s1. The SMILES string of the molecule is COc1ccc([C@H](C[N+](=O)[O-])[C@@H]2CCCCC2=O)cc1. The normalized spacial score (nSPS) is 20.4. The van der Waals surface area contributed by atoms with Crippen LogP contribution in [0.1, 0.15) is 37.2 Å². The second kappa shape index (κ2) is 6.50. The quantitative estimate of drug-likeness (QED) is 0.613. The van der Waals surface area contributed by atoms with Gasteiger partial charge in [0.25, 0.3) is 0 Å². The zero-order chi connectivity index (χ0) is 14.5. The van der Waals surface area contributed by atoms with Crippen LogP contribution in [0.3, 0.4) is 0 Å². The fourth-order valence-corrected chi connectivity index (χ4v) is 2.91. The van der Waals surface area contributed by atoms with Crippen molar-refractivity contribution in [3.05, 3.63) is 39.9 Å². The predicted molar refractivity (Wildman–Crippen MR) is 74.6 cm³/mol. The smallest absolute Gasteiger partial charge is 0.211 e. The van der Waals surface area contributed by atoms with Gasteiger partial charge in [-0.15, -0.1) is 0 Å². The number of hydrogen-bond acceptors (Lipinski definition) is 4. The maximum absolute atomic E-state index is 12.1. The molecule has 1 aliphatic rings. The first-order valence-electron chi connectivity index (χ1n) is 6.90. The van der Waals surface area contributed by atoms with Crippen LogP contribution in [0, 0.1) is 16.0 Å². The molecule has 0 heterocycles. The van der Waals surface area contributed by atoms with Gasteiger partial charge < -0.3 is 4.74 Å². The number of ether oxygens (including phenoxy) is 1. The van der Waals surface area contributed by atoms with Crippen molar-refractivity contribution in [1.82, 2.24) is 0 Å². The highest BCUT2D eigenvalue weighted by molar-refractivity contribution is 5.82. The molecule has 1 aliphatic carbocycles. The summed E-state index contributed by atoms with van der Waals surface area (Å²) in [5, 5.41) is 10.9. The third-order valence-electron chi connectivity index (χ3n) is 3.98. The van der Waals surface area contributed by atoms with Gasteiger partial charge in [-0.3, -0.25) is 14.9 Å². The molecule has 1 aromatic rings. The molecule has 0 unspecified atom stereocenters. The van der Waals surface area contributed by atoms with E-state index in [1.54, 1.807) is 19.2 Å². The summed E-state index contributed by atoms with van der Waals surface area (Å²) in [7, 11) is 1.58. The molecule has 1 aromatic carbocycles. The van der Waals surface area contributed by atoms with Crippen LogP contribution in [-0.2, 0) is 4.79 Å². The Kier molecular flexibility index (Phi) is 4.71. The lowest BCUT2D eigenvalue weighted by molar-refractivity contribution is -0.484. The molecule has 0 saturated heterocycles. The summed E-state index contributed by atoms with van der Waals surface area (Å²) in [6.07, 6.45) is 3.18. The molecule has 0 bridgehead atoms. The number of carbonyl (C=O) groups is 1. The van der Waals surface area contributed by atoms with Gasteiger partial charge in [0.2, 0.25) is 6.54 Å². The maximum Gasteiger partial charge on any atom is 0.211 e. The lowest BCUT2D eigenvalue weighted by Crippen LogP contribution is -2.30. The van der Waals surface area contributed by atoms with Crippen molar-refractivity contribution in [3.63, 3.8) is 0 Å². The van der Waals surface area contributed by atoms with E-state index in [9.17, 15) is 14.9 Å². The number of nitrogens with zero attached hydrogens (tertiary/aromatic N) is 1. The molecular weight excluding hydrogens is 258 g/mol.